The van der Waals surface area contributed by atoms with Crippen LogP contribution in [0.1, 0.15) is 13.3 Å². The first-order chi connectivity index (χ1) is 5.25. The zero-order chi connectivity index (χ0) is 8.27. The van der Waals surface area contributed by atoms with Crippen LogP contribution in [0.4, 0.5) is 0 Å². The minimum Gasteiger partial charge on any atom is -0.0985 e. The Morgan fingerprint density at radius 2 is 2.45 bits per heavy atom. The summed E-state index contributed by atoms with van der Waals surface area (Å²) in [6, 6.07) is 0. The molecule has 0 aliphatic heterocycles. The van der Waals surface area contributed by atoms with Gasteiger partial charge < -0.3 is 0 Å². The Balaban J connectivity index is 2.83. The van der Waals surface area contributed by atoms with Crippen molar-refractivity contribution in [2.24, 2.45) is 5.92 Å². The largest absolute Gasteiger partial charge is 0.0985 e. The van der Waals surface area contributed by atoms with E-state index in [1.165, 1.54) is 5.57 Å². The summed E-state index contributed by atoms with van der Waals surface area (Å²) in [4.78, 5) is 0. The first-order valence-electron chi connectivity index (χ1n) is 3.94. The maximum atomic E-state index is 3.93. The van der Waals surface area contributed by atoms with E-state index in [0.717, 1.165) is 12.0 Å². The van der Waals surface area contributed by atoms with Crippen molar-refractivity contribution in [3.8, 4) is 0 Å². The van der Waals surface area contributed by atoms with Gasteiger partial charge in [0.25, 0.3) is 0 Å². The van der Waals surface area contributed by atoms with Crippen molar-refractivity contribution in [2.45, 2.75) is 13.3 Å². The van der Waals surface area contributed by atoms with Crippen LogP contribution >= 0.6 is 0 Å². The minimum atomic E-state index is 0.602. The van der Waals surface area contributed by atoms with E-state index < -0.39 is 0 Å². The van der Waals surface area contributed by atoms with Crippen LogP contribution < -0.4 is 0 Å². The van der Waals surface area contributed by atoms with Gasteiger partial charge in [-0.3, -0.25) is 0 Å². The Hall–Kier alpha value is -1.04. The molecule has 1 atom stereocenters. The van der Waals surface area contributed by atoms with Crippen LogP contribution in [0.3, 0.4) is 0 Å². The summed E-state index contributed by atoms with van der Waals surface area (Å²) in [5.74, 6) is 0.602. The summed E-state index contributed by atoms with van der Waals surface area (Å²) in [5.41, 5.74) is 2.38. The third-order valence-corrected chi connectivity index (χ3v) is 2.05. The molecule has 1 aliphatic rings. The van der Waals surface area contributed by atoms with E-state index >= 15 is 0 Å². The highest BCUT2D eigenvalue weighted by Crippen LogP contribution is 2.25. The molecule has 0 aromatic heterocycles. The second-order valence-corrected chi connectivity index (χ2v) is 2.92. The molecule has 0 N–H and O–H groups in total. The molecule has 0 saturated heterocycles. The van der Waals surface area contributed by atoms with E-state index in [1.54, 1.807) is 0 Å². The van der Waals surface area contributed by atoms with Gasteiger partial charge in [0.05, 0.1) is 0 Å². The van der Waals surface area contributed by atoms with E-state index in [9.17, 15) is 0 Å². The third kappa shape index (κ3) is 1.70. The van der Waals surface area contributed by atoms with Gasteiger partial charge in [0.2, 0.25) is 0 Å². The molecule has 0 amide bonds. The lowest BCUT2D eigenvalue weighted by molar-refractivity contribution is 0.698. The maximum absolute atomic E-state index is 3.93. The molecule has 58 valence electrons. The number of hydrogen-bond acceptors (Lipinski definition) is 0. The zero-order valence-electron chi connectivity index (χ0n) is 7.01. The summed E-state index contributed by atoms with van der Waals surface area (Å²) in [7, 11) is 0. The van der Waals surface area contributed by atoms with Gasteiger partial charge in [-0.25, -0.2) is 0 Å². The van der Waals surface area contributed by atoms with Crippen molar-refractivity contribution < 1.29 is 0 Å². The Morgan fingerprint density at radius 3 is 3.00 bits per heavy atom. The molecule has 0 aromatic carbocycles. The van der Waals surface area contributed by atoms with Crippen molar-refractivity contribution in [3.63, 3.8) is 0 Å². The highest BCUT2D eigenvalue weighted by Gasteiger charge is 2.09. The van der Waals surface area contributed by atoms with Gasteiger partial charge >= 0.3 is 0 Å². The van der Waals surface area contributed by atoms with E-state index in [1.807, 2.05) is 6.08 Å². The van der Waals surface area contributed by atoms with Gasteiger partial charge in [0, 0.05) is 0 Å². The van der Waals surface area contributed by atoms with Gasteiger partial charge in [-0.15, -0.1) is 0 Å². The van der Waals surface area contributed by atoms with Gasteiger partial charge in [-0.1, -0.05) is 44.4 Å². The van der Waals surface area contributed by atoms with Gasteiger partial charge in [-0.05, 0) is 23.5 Å². The molecule has 0 bridgehead atoms. The molecule has 1 unspecified atom stereocenters. The summed E-state index contributed by atoms with van der Waals surface area (Å²) >= 11 is 0. The predicted molar refractivity (Wildman–Crippen MR) is 50.3 cm³/mol. The molecule has 0 radical (unpaired) electrons. The van der Waals surface area contributed by atoms with Crippen molar-refractivity contribution in [1.29, 1.82) is 0 Å². The van der Waals surface area contributed by atoms with E-state index in [-0.39, 0.29) is 0 Å². The molecule has 0 fully saturated rings. The smallest absolute Gasteiger partial charge is 0.0150 e. The first-order valence-corrected chi connectivity index (χ1v) is 3.94. The molecular formula is C11H14. The minimum absolute atomic E-state index is 0.602. The molecule has 0 nitrogen and oxygen atoms in total. The Labute approximate surface area is 68.6 Å². The van der Waals surface area contributed by atoms with Gasteiger partial charge in [0.1, 0.15) is 0 Å². The lowest BCUT2D eigenvalue weighted by Crippen LogP contribution is -2.01. The van der Waals surface area contributed by atoms with Crippen LogP contribution in [0, 0.1) is 5.92 Å². The Kier molecular flexibility index (Phi) is 2.48. The number of hydrogen-bond donors (Lipinski definition) is 0. The van der Waals surface area contributed by atoms with Crippen LogP contribution in [-0.2, 0) is 0 Å². The summed E-state index contributed by atoms with van der Waals surface area (Å²) in [6.07, 6.45) is 9.34. The molecule has 11 heavy (non-hydrogen) atoms. The van der Waals surface area contributed by atoms with E-state index in [0.29, 0.717) is 5.92 Å². The molecule has 0 spiro atoms. The second-order valence-electron chi connectivity index (χ2n) is 2.92. The SMILES string of the molecule is C=CC(=C)C1=CC=CCC1C. The Bertz CT molecular complexity index is 228. The number of rotatable bonds is 2. The zero-order valence-corrected chi connectivity index (χ0v) is 7.01. The standard InChI is InChI=1S/C11H14/c1-4-9(2)11-8-6-5-7-10(11)3/h4-6,8,10H,1-2,7H2,3H3. The number of allylic oxidation sites excluding steroid dienone is 6. The second kappa shape index (κ2) is 3.38. The lowest BCUT2D eigenvalue weighted by atomic mass is 9.89. The van der Waals surface area contributed by atoms with Crippen molar-refractivity contribution in [2.75, 3.05) is 0 Å². The fraction of sp³-hybridized carbons (Fsp3) is 0.273. The van der Waals surface area contributed by atoms with Crippen molar-refractivity contribution in [1.82, 2.24) is 0 Å². The van der Waals surface area contributed by atoms with Gasteiger partial charge in [-0.2, -0.15) is 0 Å². The lowest BCUT2D eigenvalue weighted by Gasteiger charge is -2.16. The summed E-state index contributed by atoms with van der Waals surface area (Å²) < 4.78 is 0. The van der Waals surface area contributed by atoms with Crippen LogP contribution in [0.2, 0.25) is 0 Å². The fourth-order valence-corrected chi connectivity index (χ4v) is 1.29. The molecule has 1 aliphatic carbocycles. The summed E-state index contributed by atoms with van der Waals surface area (Å²) in [6.45, 7) is 9.85. The average Bonchev–Trinajstić information content (AvgIpc) is 2.04. The van der Waals surface area contributed by atoms with Crippen LogP contribution in [0.5, 0.6) is 0 Å². The maximum Gasteiger partial charge on any atom is -0.0150 e. The van der Waals surface area contributed by atoms with Gasteiger partial charge in [0.15, 0.2) is 0 Å². The third-order valence-electron chi connectivity index (χ3n) is 2.05. The quantitative estimate of drug-likeness (QED) is 0.524. The predicted octanol–water partition coefficient (Wildman–Crippen LogP) is 3.25. The highest BCUT2D eigenvalue weighted by molar-refractivity contribution is 5.41. The monoisotopic (exact) mass is 146 g/mol. The van der Waals surface area contributed by atoms with E-state index in [4.69, 9.17) is 0 Å². The fourth-order valence-electron chi connectivity index (χ4n) is 1.29. The van der Waals surface area contributed by atoms with Crippen LogP contribution in [0.25, 0.3) is 0 Å². The molecule has 0 heterocycles. The molecule has 0 saturated carbocycles. The highest BCUT2D eigenvalue weighted by atomic mass is 14.1. The topological polar surface area (TPSA) is 0 Å². The normalized spacial score (nSPS) is 22.6. The Morgan fingerprint density at radius 1 is 1.73 bits per heavy atom. The molecule has 0 aromatic rings. The van der Waals surface area contributed by atoms with Crippen LogP contribution in [-0.4, -0.2) is 0 Å². The van der Waals surface area contributed by atoms with E-state index in [2.05, 4.69) is 38.3 Å². The molecule has 1 rings (SSSR count). The first kappa shape index (κ1) is 8.06. The van der Waals surface area contributed by atoms with Crippen molar-refractivity contribution in [3.05, 3.63) is 48.6 Å². The van der Waals surface area contributed by atoms with Crippen molar-refractivity contribution >= 4 is 0 Å². The summed E-state index contributed by atoms with van der Waals surface area (Å²) in [5, 5.41) is 0. The average molecular weight is 146 g/mol. The molecular weight excluding hydrogens is 132 g/mol. The van der Waals surface area contributed by atoms with Crippen LogP contribution in [0.15, 0.2) is 48.6 Å². The molecule has 0 heteroatoms.